The lowest BCUT2D eigenvalue weighted by Gasteiger charge is -2.20. The number of nitrogens with zero attached hydrogens (tertiary/aromatic N) is 2. The van der Waals surface area contributed by atoms with Crippen molar-refractivity contribution < 1.29 is 14.3 Å². The average molecular weight is 339 g/mol. The number of amides is 2. The van der Waals surface area contributed by atoms with E-state index in [1.165, 1.54) is 0 Å². The Morgan fingerprint density at radius 3 is 2.84 bits per heavy atom. The number of aromatic nitrogens is 1. The van der Waals surface area contributed by atoms with Crippen molar-refractivity contribution in [2.45, 2.75) is 19.9 Å². The van der Waals surface area contributed by atoms with Gasteiger partial charge in [-0.2, -0.15) is 0 Å². The molecule has 1 aliphatic rings. The molecule has 0 bridgehead atoms. The average Bonchev–Trinajstić information content (AvgIpc) is 3.03. The molecule has 2 heterocycles. The molecule has 1 aliphatic heterocycles. The first kappa shape index (κ1) is 17.0. The summed E-state index contributed by atoms with van der Waals surface area (Å²) in [6.07, 6.45) is 1.89. The number of carbonyl (C=O) groups excluding carboxylic acids is 2. The van der Waals surface area contributed by atoms with Crippen molar-refractivity contribution in [3.8, 4) is 5.75 Å². The highest BCUT2D eigenvalue weighted by molar-refractivity contribution is 6.01. The van der Waals surface area contributed by atoms with E-state index in [9.17, 15) is 9.59 Å². The fourth-order valence-corrected chi connectivity index (χ4v) is 2.90. The molecule has 0 radical (unpaired) electrons. The summed E-state index contributed by atoms with van der Waals surface area (Å²) >= 11 is 0. The van der Waals surface area contributed by atoms with Crippen molar-refractivity contribution in [1.82, 2.24) is 10.3 Å². The predicted octanol–water partition coefficient (Wildman–Crippen LogP) is 2.15. The molecule has 1 N–H and O–H groups in total. The van der Waals surface area contributed by atoms with E-state index < -0.39 is 0 Å². The molecule has 1 unspecified atom stereocenters. The standard InChI is InChI=1S/C19H21N3O3/c1-2-25-17-9-4-3-8-16(17)22-13-14(11-18(22)23)19(24)21-12-15-7-5-6-10-20-15/h3-10,14H,2,11-13H2,1H3,(H,21,24). The van der Waals surface area contributed by atoms with Crippen molar-refractivity contribution in [1.29, 1.82) is 0 Å². The molecular formula is C19H21N3O3. The zero-order valence-electron chi connectivity index (χ0n) is 14.1. The van der Waals surface area contributed by atoms with Crippen molar-refractivity contribution in [3.05, 3.63) is 54.4 Å². The number of ether oxygens (including phenoxy) is 1. The number of pyridine rings is 1. The molecule has 3 rings (SSSR count). The lowest BCUT2D eigenvalue weighted by atomic mass is 10.1. The van der Waals surface area contributed by atoms with Gasteiger partial charge in [0.2, 0.25) is 11.8 Å². The second kappa shape index (κ2) is 7.79. The third kappa shape index (κ3) is 3.96. The molecule has 0 spiro atoms. The fourth-order valence-electron chi connectivity index (χ4n) is 2.90. The molecule has 0 saturated carbocycles. The molecule has 1 fully saturated rings. The summed E-state index contributed by atoms with van der Waals surface area (Å²) in [5.41, 5.74) is 1.51. The highest BCUT2D eigenvalue weighted by Gasteiger charge is 2.36. The van der Waals surface area contributed by atoms with Crippen molar-refractivity contribution in [2.24, 2.45) is 5.92 Å². The molecule has 1 aromatic heterocycles. The molecular weight excluding hydrogens is 318 g/mol. The van der Waals surface area contributed by atoms with Gasteiger partial charge in [0.05, 0.1) is 30.5 Å². The topological polar surface area (TPSA) is 71.5 Å². The summed E-state index contributed by atoms with van der Waals surface area (Å²) in [7, 11) is 0. The first-order valence-corrected chi connectivity index (χ1v) is 8.39. The van der Waals surface area contributed by atoms with E-state index in [2.05, 4.69) is 10.3 Å². The molecule has 6 nitrogen and oxygen atoms in total. The smallest absolute Gasteiger partial charge is 0.227 e. The van der Waals surface area contributed by atoms with Crippen LogP contribution in [0.5, 0.6) is 5.75 Å². The van der Waals surface area contributed by atoms with Crippen LogP contribution < -0.4 is 15.0 Å². The summed E-state index contributed by atoms with van der Waals surface area (Å²) in [4.78, 5) is 30.6. The van der Waals surface area contributed by atoms with E-state index in [4.69, 9.17) is 4.74 Å². The summed E-state index contributed by atoms with van der Waals surface area (Å²) in [6, 6.07) is 13.0. The van der Waals surface area contributed by atoms with Gasteiger partial charge in [-0.15, -0.1) is 0 Å². The molecule has 6 heteroatoms. The number of carbonyl (C=O) groups is 2. The molecule has 0 aliphatic carbocycles. The van der Waals surface area contributed by atoms with Crippen LogP contribution in [0.3, 0.4) is 0 Å². The second-order valence-electron chi connectivity index (χ2n) is 5.85. The van der Waals surface area contributed by atoms with Crippen LogP contribution in [0.15, 0.2) is 48.7 Å². The van der Waals surface area contributed by atoms with Crippen molar-refractivity contribution in [2.75, 3.05) is 18.1 Å². The maximum atomic E-state index is 12.4. The predicted molar refractivity (Wildman–Crippen MR) is 94.2 cm³/mol. The van der Waals surface area contributed by atoms with Crippen molar-refractivity contribution in [3.63, 3.8) is 0 Å². The third-order valence-electron chi connectivity index (χ3n) is 4.12. The Morgan fingerprint density at radius 1 is 1.28 bits per heavy atom. The van der Waals surface area contributed by atoms with E-state index in [-0.39, 0.29) is 24.2 Å². The van der Waals surface area contributed by atoms with E-state index >= 15 is 0 Å². The number of para-hydroxylation sites is 2. The number of benzene rings is 1. The van der Waals surface area contributed by atoms with E-state index in [1.807, 2.05) is 49.4 Å². The number of hydrogen-bond acceptors (Lipinski definition) is 4. The van der Waals surface area contributed by atoms with Gasteiger partial charge in [0.15, 0.2) is 0 Å². The summed E-state index contributed by atoms with van der Waals surface area (Å²) in [5, 5.41) is 2.86. The van der Waals surface area contributed by atoms with Gasteiger partial charge in [-0.1, -0.05) is 18.2 Å². The number of hydrogen-bond donors (Lipinski definition) is 1. The summed E-state index contributed by atoms with van der Waals surface area (Å²) < 4.78 is 5.60. The molecule has 1 atom stereocenters. The minimum Gasteiger partial charge on any atom is -0.492 e. The zero-order valence-corrected chi connectivity index (χ0v) is 14.1. The minimum absolute atomic E-state index is 0.0647. The van der Waals surface area contributed by atoms with Gasteiger partial charge in [-0.05, 0) is 31.2 Å². The van der Waals surface area contributed by atoms with E-state index in [1.54, 1.807) is 11.1 Å². The Bertz CT molecular complexity index is 749. The van der Waals surface area contributed by atoms with Gasteiger partial charge < -0.3 is 15.0 Å². The van der Waals surface area contributed by atoms with Crippen LogP contribution >= 0.6 is 0 Å². The Hall–Kier alpha value is -2.89. The van der Waals surface area contributed by atoms with Gasteiger partial charge in [0.25, 0.3) is 0 Å². The van der Waals surface area contributed by atoms with Gasteiger partial charge in [0, 0.05) is 19.2 Å². The first-order chi connectivity index (χ1) is 12.2. The number of anilines is 1. The Morgan fingerprint density at radius 2 is 2.08 bits per heavy atom. The van der Waals surface area contributed by atoms with Gasteiger partial charge in [-0.3, -0.25) is 14.6 Å². The maximum absolute atomic E-state index is 12.4. The molecule has 25 heavy (non-hydrogen) atoms. The van der Waals surface area contributed by atoms with Gasteiger partial charge >= 0.3 is 0 Å². The summed E-state index contributed by atoms with van der Waals surface area (Å²) in [5.74, 6) is 0.0966. The zero-order chi connectivity index (χ0) is 17.6. The maximum Gasteiger partial charge on any atom is 0.227 e. The van der Waals surface area contributed by atoms with Crippen LogP contribution in [0, 0.1) is 5.92 Å². The Labute approximate surface area is 146 Å². The van der Waals surface area contributed by atoms with Crippen molar-refractivity contribution >= 4 is 17.5 Å². The quantitative estimate of drug-likeness (QED) is 0.875. The number of rotatable bonds is 6. The highest BCUT2D eigenvalue weighted by atomic mass is 16.5. The minimum atomic E-state index is -0.370. The third-order valence-corrected chi connectivity index (χ3v) is 4.12. The fraction of sp³-hybridized carbons (Fsp3) is 0.316. The lowest BCUT2D eigenvalue weighted by molar-refractivity contribution is -0.126. The van der Waals surface area contributed by atoms with Crippen LogP contribution in [0.4, 0.5) is 5.69 Å². The molecule has 1 aromatic carbocycles. The summed E-state index contributed by atoms with van der Waals surface area (Å²) in [6.45, 7) is 3.14. The van der Waals surface area contributed by atoms with Crippen LogP contribution in [-0.2, 0) is 16.1 Å². The molecule has 2 aromatic rings. The Balaban J connectivity index is 1.65. The molecule has 130 valence electrons. The SMILES string of the molecule is CCOc1ccccc1N1CC(C(=O)NCc2ccccn2)CC1=O. The monoisotopic (exact) mass is 339 g/mol. The normalized spacial score (nSPS) is 16.8. The lowest BCUT2D eigenvalue weighted by Crippen LogP contribution is -2.32. The Kier molecular flexibility index (Phi) is 5.28. The first-order valence-electron chi connectivity index (χ1n) is 8.39. The van der Waals surface area contributed by atoms with Crippen LogP contribution in [0.1, 0.15) is 19.0 Å². The van der Waals surface area contributed by atoms with Gasteiger partial charge in [0.1, 0.15) is 5.75 Å². The van der Waals surface area contributed by atoms with Crippen LogP contribution in [0.2, 0.25) is 0 Å². The van der Waals surface area contributed by atoms with Crippen LogP contribution in [-0.4, -0.2) is 29.9 Å². The van der Waals surface area contributed by atoms with E-state index in [0.29, 0.717) is 25.4 Å². The molecule has 1 saturated heterocycles. The van der Waals surface area contributed by atoms with Crippen LogP contribution in [0.25, 0.3) is 0 Å². The van der Waals surface area contributed by atoms with E-state index in [0.717, 1.165) is 11.4 Å². The largest absolute Gasteiger partial charge is 0.492 e. The second-order valence-corrected chi connectivity index (χ2v) is 5.85. The van der Waals surface area contributed by atoms with Gasteiger partial charge in [-0.25, -0.2) is 0 Å². The highest BCUT2D eigenvalue weighted by Crippen LogP contribution is 2.33. The number of nitrogens with one attached hydrogen (secondary N) is 1. The molecule has 2 amide bonds.